The first-order chi connectivity index (χ1) is 12.2. The Bertz CT molecular complexity index is 776. The normalized spacial score (nSPS) is 13.9. The number of allylic oxidation sites excluding steroid dienone is 1. The van der Waals surface area contributed by atoms with Crippen LogP contribution in [0.5, 0.6) is 0 Å². The molecule has 0 bridgehead atoms. The first kappa shape index (κ1) is 17.4. The summed E-state index contributed by atoms with van der Waals surface area (Å²) in [5, 5.41) is 6.62. The Morgan fingerprint density at radius 2 is 2.12 bits per heavy atom. The SMILES string of the molecule is O=C(Nc1cccc(Cl)c1)c1cc(NCCC2=CCCCC2)ncn1. The molecule has 0 unspecified atom stereocenters. The van der Waals surface area contributed by atoms with Crippen molar-refractivity contribution in [3.63, 3.8) is 0 Å². The molecule has 0 radical (unpaired) electrons. The van der Waals surface area contributed by atoms with E-state index in [9.17, 15) is 4.79 Å². The minimum Gasteiger partial charge on any atom is -0.370 e. The highest BCUT2D eigenvalue weighted by atomic mass is 35.5. The molecule has 1 amide bonds. The van der Waals surface area contributed by atoms with Gasteiger partial charge < -0.3 is 10.6 Å². The number of benzene rings is 1. The van der Waals surface area contributed by atoms with Gasteiger partial charge >= 0.3 is 0 Å². The second-order valence-electron chi connectivity index (χ2n) is 6.04. The van der Waals surface area contributed by atoms with Crippen molar-refractivity contribution >= 4 is 29.0 Å². The van der Waals surface area contributed by atoms with E-state index in [2.05, 4.69) is 26.7 Å². The van der Waals surface area contributed by atoms with E-state index in [0.29, 0.717) is 22.2 Å². The summed E-state index contributed by atoms with van der Waals surface area (Å²) < 4.78 is 0. The van der Waals surface area contributed by atoms with Crippen LogP contribution in [0, 0.1) is 0 Å². The lowest BCUT2D eigenvalue weighted by Crippen LogP contribution is -2.15. The monoisotopic (exact) mass is 356 g/mol. The minimum atomic E-state index is -0.289. The summed E-state index contributed by atoms with van der Waals surface area (Å²) in [6.07, 6.45) is 9.72. The highest BCUT2D eigenvalue weighted by Crippen LogP contribution is 2.20. The summed E-state index contributed by atoms with van der Waals surface area (Å²) in [5.41, 5.74) is 2.45. The third kappa shape index (κ3) is 5.29. The largest absolute Gasteiger partial charge is 0.370 e. The molecule has 0 spiro atoms. The minimum absolute atomic E-state index is 0.289. The van der Waals surface area contributed by atoms with Gasteiger partial charge in [-0.2, -0.15) is 0 Å². The quantitative estimate of drug-likeness (QED) is 0.737. The average Bonchev–Trinajstić information content (AvgIpc) is 2.63. The molecule has 0 saturated heterocycles. The summed E-state index contributed by atoms with van der Waals surface area (Å²) in [5.74, 6) is 0.366. The fraction of sp³-hybridized carbons (Fsp3) is 0.316. The highest BCUT2D eigenvalue weighted by molar-refractivity contribution is 6.30. The molecule has 2 aromatic rings. The van der Waals surface area contributed by atoms with Gasteiger partial charge in [0.25, 0.3) is 5.91 Å². The number of hydrogen-bond donors (Lipinski definition) is 2. The van der Waals surface area contributed by atoms with Gasteiger partial charge in [-0.3, -0.25) is 4.79 Å². The zero-order valence-corrected chi connectivity index (χ0v) is 14.7. The van der Waals surface area contributed by atoms with Crippen LogP contribution in [0.15, 0.2) is 48.3 Å². The lowest BCUT2D eigenvalue weighted by molar-refractivity contribution is 0.102. The first-order valence-corrected chi connectivity index (χ1v) is 8.89. The van der Waals surface area contributed by atoms with Gasteiger partial charge in [0, 0.05) is 23.3 Å². The predicted molar refractivity (Wildman–Crippen MR) is 101 cm³/mol. The van der Waals surface area contributed by atoms with E-state index >= 15 is 0 Å². The van der Waals surface area contributed by atoms with E-state index in [0.717, 1.165) is 13.0 Å². The maximum Gasteiger partial charge on any atom is 0.274 e. The summed E-state index contributed by atoms with van der Waals surface area (Å²) in [6, 6.07) is 8.67. The molecule has 0 aliphatic heterocycles. The number of nitrogens with one attached hydrogen (secondary N) is 2. The van der Waals surface area contributed by atoms with Crippen molar-refractivity contribution in [3.8, 4) is 0 Å². The lowest BCUT2D eigenvalue weighted by Gasteiger charge is -2.13. The van der Waals surface area contributed by atoms with Gasteiger partial charge in [-0.15, -0.1) is 0 Å². The molecule has 1 aliphatic carbocycles. The van der Waals surface area contributed by atoms with Crippen LogP contribution in [-0.2, 0) is 0 Å². The molecular formula is C19H21ClN4O. The summed E-state index contributed by atoms with van der Waals surface area (Å²) in [7, 11) is 0. The Kier molecular flexibility index (Phi) is 6.01. The van der Waals surface area contributed by atoms with E-state index < -0.39 is 0 Å². The molecule has 0 fully saturated rings. The van der Waals surface area contributed by atoms with Crippen molar-refractivity contribution in [2.45, 2.75) is 32.1 Å². The zero-order chi connectivity index (χ0) is 17.5. The molecular weight excluding hydrogens is 336 g/mol. The fourth-order valence-electron chi connectivity index (χ4n) is 2.82. The highest BCUT2D eigenvalue weighted by Gasteiger charge is 2.10. The van der Waals surface area contributed by atoms with E-state index in [4.69, 9.17) is 11.6 Å². The number of carbonyl (C=O) groups excluding carboxylic acids is 1. The molecule has 0 atom stereocenters. The maximum absolute atomic E-state index is 12.3. The molecule has 130 valence electrons. The Labute approximate surface area is 152 Å². The molecule has 2 N–H and O–H groups in total. The standard InChI is InChI=1S/C19H21ClN4O/c20-15-7-4-8-16(11-15)24-19(25)17-12-18(23-13-22-17)21-10-9-14-5-2-1-3-6-14/h4-5,7-8,11-13H,1-3,6,9-10H2,(H,24,25)(H,21,22,23). The molecule has 1 aliphatic rings. The van der Waals surface area contributed by atoms with E-state index in [1.807, 2.05) is 0 Å². The van der Waals surface area contributed by atoms with Crippen molar-refractivity contribution in [3.05, 3.63) is 59.0 Å². The van der Waals surface area contributed by atoms with Crippen LogP contribution < -0.4 is 10.6 Å². The van der Waals surface area contributed by atoms with E-state index in [-0.39, 0.29) is 5.91 Å². The third-order valence-electron chi connectivity index (χ3n) is 4.12. The molecule has 3 rings (SSSR count). The second-order valence-corrected chi connectivity index (χ2v) is 6.47. The van der Waals surface area contributed by atoms with Crippen LogP contribution in [0.3, 0.4) is 0 Å². The van der Waals surface area contributed by atoms with Crippen LogP contribution in [0.1, 0.15) is 42.6 Å². The van der Waals surface area contributed by atoms with Gasteiger partial charge in [0.1, 0.15) is 17.8 Å². The molecule has 1 heterocycles. The van der Waals surface area contributed by atoms with Crippen molar-refractivity contribution < 1.29 is 4.79 Å². The topological polar surface area (TPSA) is 66.9 Å². The lowest BCUT2D eigenvalue weighted by atomic mass is 9.97. The molecule has 1 aromatic carbocycles. The van der Waals surface area contributed by atoms with Crippen LogP contribution in [-0.4, -0.2) is 22.4 Å². The van der Waals surface area contributed by atoms with Crippen LogP contribution >= 0.6 is 11.6 Å². The summed E-state index contributed by atoms with van der Waals surface area (Å²) in [6.45, 7) is 0.804. The number of halogens is 1. The summed E-state index contributed by atoms with van der Waals surface area (Å²) in [4.78, 5) is 20.5. The van der Waals surface area contributed by atoms with Crippen molar-refractivity contribution in [1.29, 1.82) is 0 Å². The number of rotatable bonds is 6. The number of amides is 1. The van der Waals surface area contributed by atoms with Gasteiger partial charge in [0.05, 0.1) is 0 Å². The van der Waals surface area contributed by atoms with Crippen molar-refractivity contribution in [1.82, 2.24) is 9.97 Å². The van der Waals surface area contributed by atoms with Crippen LogP contribution in [0.4, 0.5) is 11.5 Å². The number of nitrogens with zero attached hydrogens (tertiary/aromatic N) is 2. The van der Waals surface area contributed by atoms with Crippen LogP contribution in [0.2, 0.25) is 5.02 Å². The molecule has 0 saturated carbocycles. The second kappa shape index (κ2) is 8.62. The van der Waals surface area contributed by atoms with Gasteiger partial charge in [0.15, 0.2) is 0 Å². The number of anilines is 2. The van der Waals surface area contributed by atoms with Crippen molar-refractivity contribution in [2.24, 2.45) is 0 Å². The molecule has 1 aromatic heterocycles. The third-order valence-corrected chi connectivity index (χ3v) is 4.35. The van der Waals surface area contributed by atoms with Crippen molar-refractivity contribution in [2.75, 3.05) is 17.2 Å². The molecule has 5 nitrogen and oxygen atoms in total. The van der Waals surface area contributed by atoms with Gasteiger partial charge in [-0.25, -0.2) is 9.97 Å². The predicted octanol–water partition coefficient (Wildman–Crippen LogP) is 4.68. The Morgan fingerprint density at radius 3 is 2.92 bits per heavy atom. The van der Waals surface area contributed by atoms with Gasteiger partial charge in [0.2, 0.25) is 0 Å². The Balaban J connectivity index is 1.56. The maximum atomic E-state index is 12.3. The van der Waals surface area contributed by atoms with Crippen LogP contribution in [0.25, 0.3) is 0 Å². The van der Waals surface area contributed by atoms with Gasteiger partial charge in [-0.1, -0.05) is 29.3 Å². The molecule has 6 heteroatoms. The Morgan fingerprint density at radius 1 is 1.20 bits per heavy atom. The smallest absolute Gasteiger partial charge is 0.274 e. The Hall–Kier alpha value is -2.40. The van der Waals surface area contributed by atoms with E-state index in [1.54, 1.807) is 30.3 Å². The summed E-state index contributed by atoms with van der Waals surface area (Å²) >= 11 is 5.93. The average molecular weight is 357 g/mol. The van der Waals surface area contributed by atoms with E-state index in [1.165, 1.54) is 37.6 Å². The molecule has 25 heavy (non-hydrogen) atoms. The number of carbonyl (C=O) groups is 1. The number of aromatic nitrogens is 2. The zero-order valence-electron chi connectivity index (χ0n) is 14.0. The van der Waals surface area contributed by atoms with Gasteiger partial charge in [-0.05, 0) is 50.3 Å². The fourth-order valence-corrected chi connectivity index (χ4v) is 3.01. The first-order valence-electron chi connectivity index (χ1n) is 8.51. The number of hydrogen-bond acceptors (Lipinski definition) is 4.